The summed E-state index contributed by atoms with van der Waals surface area (Å²) in [7, 11) is 1.70. The van der Waals surface area contributed by atoms with E-state index in [0.29, 0.717) is 6.04 Å². The molecule has 0 saturated carbocycles. The lowest BCUT2D eigenvalue weighted by Crippen LogP contribution is -2.37. The number of benzene rings is 1. The van der Waals surface area contributed by atoms with E-state index in [1.54, 1.807) is 18.4 Å². The average molecular weight is 315 g/mol. The van der Waals surface area contributed by atoms with Gasteiger partial charge in [0.05, 0.1) is 13.3 Å². The Kier molecular flexibility index (Phi) is 3.76. The number of piperidine rings is 1. The monoisotopic (exact) mass is 315 g/mol. The molecule has 3 fully saturated rings. The van der Waals surface area contributed by atoms with Gasteiger partial charge in [-0.05, 0) is 25.0 Å². The quantitative estimate of drug-likeness (QED) is 0.870. The van der Waals surface area contributed by atoms with E-state index < -0.39 is 0 Å². The number of fused-ring (bicyclic) bond motifs is 4. The zero-order valence-corrected chi connectivity index (χ0v) is 13.7. The smallest absolute Gasteiger partial charge is 0.125 e. The number of ether oxygens (including phenoxy) is 1. The molecule has 1 aromatic carbocycles. The number of aromatic nitrogens is 1. The third kappa shape index (κ3) is 2.59. The highest BCUT2D eigenvalue weighted by molar-refractivity contribution is 7.18. The molecule has 3 saturated heterocycles. The Balaban J connectivity index is 1.60. The first-order valence-corrected chi connectivity index (χ1v) is 8.74. The number of hydrogen-bond donors (Lipinski definition) is 0. The molecule has 4 heterocycles. The molecule has 2 bridgehead atoms. The van der Waals surface area contributed by atoms with E-state index in [1.807, 2.05) is 18.3 Å². The fourth-order valence-electron chi connectivity index (χ4n) is 3.46. The molecule has 0 atom stereocenters. The van der Waals surface area contributed by atoms with Crippen molar-refractivity contribution >= 4 is 16.3 Å². The van der Waals surface area contributed by atoms with E-state index in [9.17, 15) is 0 Å². The van der Waals surface area contributed by atoms with Crippen LogP contribution in [0.25, 0.3) is 10.6 Å². The van der Waals surface area contributed by atoms with Gasteiger partial charge in [0.2, 0.25) is 0 Å². The summed E-state index contributed by atoms with van der Waals surface area (Å²) < 4.78 is 5.32. The maximum Gasteiger partial charge on any atom is 0.125 e. The number of rotatable bonds is 3. The maximum atomic E-state index is 5.32. The topological polar surface area (TPSA) is 28.6 Å². The highest BCUT2D eigenvalue weighted by Crippen LogP contribution is 2.35. The summed E-state index contributed by atoms with van der Waals surface area (Å²) in [4.78, 5) is 9.82. The molecule has 0 unspecified atom stereocenters. The standard InChI is InChI=1S/C17H21N3OS/c1-21-15-4-2-3-13(11-15)17-18-12-16(22-17)20-10-9-19-7-5-14(20)6-8-19/h2-4,11-12,14H,5-10H2,1H3. The van der Waals surface area contributed by atoms with E-state index in [-0.39, 0.29) is 0 Å². The van der Waals surface area contributed by atoms with Crippen molar-refractivity contribution < 1.29 is 4.74 Å². The van der Waals surface area contributed by atoms with Crippen molar-refractivity contribution in [3.05, 3.63) is 30.5 Å². The summed E-state index contributed by atoms with van der Waals surface area (Å²) in [5.41, 5.74) is 1.14. The third-order valence-corrected chi connectivity index (χ3v) is 5.83. The molecule has 22 heavy (non-hydrogen) atoms. The highest BCUT2D eigenvalue weighted by Gasteiger charge is 2.30. The second-order valence-electron chi connectivity index (χ2n) is 6.00. The van der Waals surface area contributed by atoms with Crippen LogP contribution in [0.4, 0.5) is 5.00 Å². The van der Waals surface area contributed by atoms with E-state index in [2.05, 4.69) is 26.9 Å². The van der Waals surface area contributed by atoms with Crippen LogP contribution in [0.2, 0.25) is 0 Å². The number of anilines is 1. The Morgan fingerprint density at radius 2 is 2.05 bits per heavy atom. The number of hydrogen-bond acceptors (Lipinski definition) is 5. The van der Waals surface area contributed by atoms with Crippen molar-refractivity contribution in [2.45, 2.75) is 18.9 Å². The maximum absolute atomic E-state index is 5.32. The normalized spacial score (nSPS) is 24.3. The van der Waals surface area contributed by atoms with E-state index in [4.69, 9.17) is 4.74 Å². The van der Waals surface area contributed by atoms with E-state index in [0.717, 1.165) is 22.9 Å². The van der Waals surface area contributed by atoms with Gasteiger partial charge in [-0.3, -0.25) is 0 Å². The van der Waals surface area contributed by atoms with Crippen molar-refractivity contribution in [2.75, 3.05) is 38.2 Å². The summed E-state index contributed by atoms with van der Waals surface area (Å²) in [6.07, 6.45) is 4.62. The molecule has 1 aromatic heterocycles. The fourth-order valence-corrected chi connectivity index (χ4v) is 4.48. The van der Waals surface area contributed by atoms with Crippen LogP contribution in [0.5, 0.6) is 5.75 Å². The molecule has 116 valence electrons. The van der Waals surface area contributed by atoms with Crippen LogP contribution in [0.15, 0.2) is 30.5 Å². The van der Waals surface area contributed by atoms with Crippen molar-refractivity contribution in [2.24, 2.45) is 0 Å². The molecule has 0 amide bonds. The van der Waals surface area contributed by atoms with Crippen LogP contribution in [-0.2, 0) is 0 Å². The summed E-state index contributed by atoms with van der Waals surface area (Å²) in [5.74, 6) is 0.885. The Labute approximate surface area is 135 Å². The Morgan fingerprint density at radius 3 is 2.86 bits per heavy atom. The molecule has 5 heteroatoms. The predicted molar refractivity (Wildman–Crippen MR) is 90.9 cm³/mol. The second-order valence-corrected chi connectivity index (χ2v) is 7.01. The van der Waals surface area contributed by atoms with Gasteiger partial charge < -0.3 is 14.5 Å². The first-order chi connectivity index (χ1) is 10.8. The summed E-state index contributed by atoms with van der Waals surface area (Å²) in [6.45, 7) is 4.82. The van der Waals surface area contributed by atoms with Gasteiger partial charge >= 0.3 is 0 Å². The second kappa shape index (κ2) is 5.89. The molecule has 0 aliphatic carbocycles. The van der Waals surface area contributed by atoms with E-state index in [1.165, 1.54) is 37.5 Å². The van der Waals surface area contributed by atoms with Crippen LogP contribution < -0.4 is 9.64 Å². The van der Waals surface area contributed by atoms with Crippen molar-refractivity contribution in [1.29, 1.82) is 0 Å². The van der Waals surface area contributed by atoms with Crippen LogP contribution in [-0.4, -0.2) is 49.2 Å². The Bertz CT molecular complexity index is 649. The zero-order valence-electron chi connectivity index (χ0n) is 12.9. The number of nitrogens with zero attached hydrogens (tertiary/aromatic N) is 3. The van der Waals surface area contributed by atoms with Gasteiger partial charge in [0.25, 0.3) is 0 Å². The minimum absolute atomic E-state index is 0.692. The van der Waals surface area contributed by atoms with Crippen molar-refractivity contribution in [3.8, 4) is 16.3 Å². The van der Waals surface area contributed by atoms with Crippen molar-refractivity contribution in [1.82, 2.24) is 9.88 Å². The molecule has 3 aliphatic heterocycles. The lowest BCUT2D eigenvalue weighted by molar-refractivity contribution is 0.250. The third-order valence-electron chi connectivity index (χ3n) is 4.75. The van der Waals surface area contributed by atoms with Gasteiger partial charge in [-0.1, -0.05) is 23.5 Å². The largest absolute Gasteiger partial charge is 0.497 e. The Morgan fingerprint density at radius 1 is 1.18 bits per heavy atom. The lowest BCUT2D eigenvalue weighted by atomic mass is 10.1. The first-order valence-electron chi connectivity index (χ1n) is 7.93. The van der Waals surface area contributed by atoms with Crippen LogP contribution >= 0.6 is 11.3 Å². The molecule has 3 aliphatic rings. The molecular weight excluding hydrogens is 294 g/mol. The minimum Gasteiger partial charge on any atom is -0.497 e. The van der Waals surface area contributed by atoms with Gasteiger partial charge in [0.1, 0.15) is 15.8 Å². The lowest BCUT2D eigenvalue weighted by Gasteiger charge is -2.31. The molecule has 0 N–H and O–H groups in total. The van der Waals surface area contributed by atoms with Crippen molar-refractivity contribution in [3.63, 3.8) is 0 Å². The summed E-state index contributed by atoms with van der Waals surface area (Å²) >= 11 is 1.80. The van der Waals surface area contributed by atoms with Crippen LogP contribution in [0.3, 0.4) is 0 Å². The highest BCUT2D eigenvalue weighted by atomic mass is 32.1. The van der Waals surface area contributed by atoms with Crippen LogP contribution in [0.1, 0.15) is 12.8 Å². The molecule has 0 radical (unpaired) electrons. The first kappa shape index (κ1) is 14.0. The van der Waals surface area contributed by atoms with E-state index >= 15 is 0 Å². The fraction of sp³-hybridized carbons (Fsp3) is 0.471. The van der Waals surface area contributed by atoms with Gasteiger partial charge in [-0.15, -0.1) is 0 Å². The van der Waals surface area contributed by atoms with Crippen LogP contribution in [0, 0.1) is 0 Å². The van der Waals surface area contributed by atoms with Gasteiger partial charge in [0, 0.05) is 37.8 Å². The minimum atomic E-state index is 0.692. The molecule has 0 spiro atoms. The molecular formula is C17H21N3OS. The predicted octanol–water partition coefficient (Wildman–Crippen LogP) is 3.10. The Hall–Kier alpha value is -1.59. The van der Waals surface area contributed by atoms with Gasteiger partial charge in [0.15, 0.2) is 0 Å². The van der Waals surface area contributed by atoms with Gasteiger partial charge in [-0.2, -0.15) is 0 Å². The number of thiazole rings is 1. The molecule has 2 aromatic rings. The summed E-state index contributed by atoms with van der Waals surface area (Å²) in [6, 6.07) is 8.85. The average Bonchev–Trinajstić information content (AvgIpc) is 2.88. The van der Waals surface area contributed by atoms with Gasteiger partial charge in [-0.25, -0.2) is 4.98 Å². The molecule has 5 rings (SSSR count). The SMILES string of the molecule is COc1cccc(-c2ncc(N3CCN4CCC3CC4)s2)c1. The molecule has 4 nitrogen and oxygen atoms in total. The number of methoxy groups -OCH3 is 1. The summed E-state index contributed by atoms with van der Waals surface area (Å²) in [5, 5.41) is 2.39. The zero-order chi connectivity index (χ0) is 14.9.